The number of anilines is 1. The molecule has 0 aliphatic heterocycles. The number of hydrogen-bond acceptors (Lipinski definition) is 4. The lowest BCUT2D eigenvalue weighted by Crippen LogP contribution is -2.28. The van der Waals surface area contributed by atoms with Gasteiger partial charge in [0, 0.05) is 25.0 Å². The molecule has 138 valence electrons. The third-order valence-corrected chi connectivity index (χ3v) is 5.12. The molecule has 7 nitrogen and oxygen atoms in total. The first-order chi connectivity index (χ1) is 12.3. The van der Waals surface area contributed by atoms with Crippen LogP contribution in [-0.4, -0.2) is 33.8 Å². The van der Waals surface area contributed by atoms with Gasteiger partial charge in [-0.15, -0.1) is 0 Å². The van der Waals surface area contributed by atoms with Crippen molar-refractivity contribution in [2.24, 2.45) is 0 Å². The molecule has 0 saturated carbocycles. The van der Waals surface area contributed by atoms with Gasteiger partial charge in [0.2, 0.25) is 15.9 Å². The van der Waals surface area contributed by atoms with Crippen molar-refractivity contribution >= 4 is 39.1 Å². The van der Waals surface area contributed by atoms with E-state index in [0.29, 0.717) is 16.3 Å². The summed E-state index contributed by atoms with van der Waals surface area (Å²) < 4.78 is 26.6. The van der Waals surface area contributed by atoms with E-state index in [0.717, 1.165) is 0 Å². The van der Waals surface area contributed by atoms with Crippen LogP contribution in [0.15, 0.2) is 53.4 Å². The lowest BCUT2D eigenvalue weighted by molar-refractivity contribution is -0.116. The first-order valence-corrected chi connectivity index (χ1v) is 9.56. The Bertz CT molecular complexity index is 916. The average molecular weight is 396 g/mol. The van der Waals surface area contributed by atoms with Gasteiger partial charge in [0.05, 0.1) is 16.1 Å². The molecule has 0 radical (unpaired) electrons. The highest BCUT2D eigenvalue weighted by atomic mass is 35.5. The fraction of sp³-hybridized carbons (Fsp3) is 0.176. The SMILES string of the molecule is CNC(=O)c1ccccc1NC(=O)CCNS(=O)(=O)c1cccc(Cl)c1. The molecule has 2 amide bonds. The molecule has 0 aromatic heterocycles. The minimum Gasteiger partial charge on any atom is -0.355 e. The predicted molar refractivity (Wildman–Crippen MR) is 99.7 cm³/mol. The van der Waals surface area contributed by atoms with E-state index in [1.165, 1.54) is 25.2 Å². The van der Waals surface area contributed by atoms with Gasteiger partial charge in [-0.3, -0.25) is 9.59 Å². The molecule has 2 aromatic rings. The van der Waals surface area contributed by atoms with Crippen molar-refractivity contribution in [3.8, 4) is 0 Å². The quantitative estimate of drug-likeness (QED) is 0.666. The van der Waals surface area contributed by atoms with Crippen LogP contribution in [0.5, 0.6) is 0 Å². The van der Waals surface area contributed by atoms with Crippen LogP contribution in [-0.2, 0) is 14.8 Å². The molecule has 2 aromatic carbocycles. The summed E-state index contributed by atoms with van der Waals surface area (Å²) in [5.41, 5.74) is 0.678. The zero-order valence-corrected chi connectivity index (χ0v) is 15.5. The van der Waals surface area contributed by atoms with Crippen LogP contribution < -0.4 is 15.4 Å². The minimum atomic E-state index is -3.76. The Morgan fingerprint density at radius 1 is 1.08 bits per heavy atom. The molecule has 0 saturated heterocycles. The topological polar surface area (TPSA) is 104 Å². The number of halogens is 1. The van der Waals surface area contributed by atoms with Gasteiger partial charge in [-0.2, -0.15) is 0 Å². The predicted octanol–water partition coefficient (Wildman–Crippen LogP) is 2.01. The summed E-state index contributed by atoms with van der Waals surface area (Å²) in [6, 6.07) is 12.4. The number of carbonyl (C=O) groups is 2. The second kappa shape index (κ2) is 8.79. The molecule has 0 spiro atoms. The standard InChI is InChI=1S/C17H18ClN3O4S/c1-19-17(23)14-7-2-3-8-15(14)21-16(22)9-10-20-26(24,25)13-6-4-5-12(18)11-13/h2-8,11,20H,9-10H2,1H3,(H,19,23)(H,21,22). The van der Waals surface area contributed by atoms with Crippen LogP contribution in [0, 0.1) is 0 Å². The zero-order chi connectivity index (χ0) is 19.2. The Morgan fingerprint density at radius 3 is 2.50 bits per heavy atom. The van der Waals surface area contributed by atoms with E-state index in [1.54, 1.807) is 30.3 Å². The minimum absolute atomic E-state index is 0.0235. The van der Waals surface area contributed by atoms with Crippen molar-refractivity contribution < 1.29 is 18.0 Å². The largest absolute Gasteiger partial charge is 0.355 e. The maximum absolute atomic E-state index is 12.2. The number of para-hydroxylation sites is 1. The summed E-state index contributed by atoms with van der Waals surface area (Å²) in [5.74, 6) is -0.752. The fourth-order valence-corrected chi connectivity index (χ4v) is 3.49. The van der Waals surface area contributed by atoms with Crippen molar-refractivity contribution in [2.45, 2.75) is 11.3 Å². The van der Waals surface area contributed by atoms with Crippen LogP contribution in [0.4, 0.5) is 5.69 Å². The van der Waals surface area contributed by atoms with Crippen LogP contribution in [0.1, 0.15) is 16.8 Å². The number of amides is 2. The van der Waals surface area contributed by atoms with Crippen LogP contribution >= 0.6 is 11.6 Å². The molecule has 0 atom stereocenters. The monoisotopic (exact) mass is 395 g/mol. The molecule has 0 aliphatic carbocycles. The van der Waals surface area contributed by atoms with Crippen molar-refractivity contribution in [1.29, 1.82) is 0 Å². The van der Waals surface area contributed by atoms with Gasteiger partial charge >= 0.3 is 0 Å². The van der Waals surface area contributed by atoms with Crippen molar-refractivity contribution in [3.63, 3.8) is 0 Å². The molecule has 0 aliphatic rings. The fourth-order valence-electron chi connectivity index (χ4n) is 2.15. The zero-order valence-electron chi connectivity index (χ0n) is 14.0. The lowest BCUT2D eigenvalue weighted by Gasteiger charge is -2.10. The molecule has 2 rings (SSSR count). The van der Waals surface area contributed by atoms with Gasteiger partial charge in [-0.25, -0.2) is 13.1 Å². The molecular weight excluding hydrogens is 378 g/mol. The van der Waals surface area contributed by atoms with E-state index in [-0.39, 0.29) is 23.8 Å². The number of hydrogen-bond donors (Lipinski definition) is 3. The van der Waals surface area contributed by atoms with Crippen molar-refractivity contribution in [3.05, 3.63) is 59.1 Å². The first kappa shape index (κ1) is 19.9. The van der Waals surface area contributed by atoms with Crippen LogP contribution in [0.3, 0.4) is 0 Å². The normalized spacial score (nSPS) is 11.0. The van der Waals surface area contributed by atoms with Gasteiger partial charge in [-0.1, -0.05) is 29.8 Å². The van der Waals surface area contributed by atoms with Crippen molar-refractivity contribution in [2.75, 3.05) is 18.9 Å². The van der Waals surface area contributed by atoms with Gasteiger partial charge in [0.25, 0.3) is 5.91 Å². The summed E-state index contributed by atoms with van der Waals surface area (Å²) in [7, 11) is -2.26. The maximum Gasteiger partial charge on any atom is 0.253 e. The first-order valence-electron chi connectivity index (χ1n) is 7.69. The number of carbonyl (C=O) groups excluding carboxylic acids is 2. The summed E-state index contributed by atoms with van der Waals surface area (Å²) >= 11 is 5.79. The molecule has 0 unspecified atom stereocenters. The summed E-state index contributed by atoms with van der Waals surface area (Å²) in [6.07, 6.45) is -0.0954. The summed E-state index contributed by atoms with van der Waals surface area (Å²) in [5, 5.41) is 5.40. The molecular formula is C17H18ClN3O4S. The van der Waals surface area contributed by atoms with Gasteiger partial charge in [0.1, 0.15) is 0 Å². The van der Waals surface area contributed by atoms with E-state index in [2.05, 4.69) is 15.4 Å². The highest BCUT2D eigenvalue weighted by molar-refractivity contribution is 7.89. The molecule has 26 heavy (non-hydrogen) atoms. The Morgan fingerprint density at radius 2 is 1.81 bits per heavy atom. The van der Waals surface area contributed by atoms with E-state index >= 15 is 0 Å². The molecule has 0 bridgehead atoms. The molecule has 9 heteroatoms. The summed E-state index contributed by atoms with van der Waals surface area (Å²) in [6.45, 7) is -0.0944. The number of nitrogens with one attached hydrogen (secondary N) is 3. The Kier molecular flexibility index (Phi) is 6.73. The van der Waals surface area contributed by atoms with E-state index in [4.69, 9.17) is 11.6 Å². The van der Waals surface area contributed by atoms with E-state index < -0.39 is 15.9 Å². The number of rotatable bonds is 7. The Hall–Kier alpha value is -2.42. The average Bonchev–Trinajstić information content (AvgIpc) is 2.61. The summed E-state index contributed by atoms with van der Waals surface area (Å²) in [4.78, 5) is 23.9. The molecule has 0 heterocycles. The van der Waals surface area contributed by atoms with Crippen LogP contribution in [0.25, 0.3) is 0 Å². The Labute approximate surface area is 156 Å². The number of benzene rings is 2. The van der Waals surface area contributed by atoms with Gasteiger partial charge in [-0.05, 0) is 30.3 Å². The molecule has 0 fully saturated rings. The highest BCUT2D eigenvalue weighted by Gasteiger charge is 2.15. The van der Waals surface area contributed by atoms with Crippen molar-refractivity contribution in [1.82, 2.24) is 10.0 Å². The highest BCUT2D eigenvalue weighted by Crippen LogP contribution is 2.16. The van der Waals surface area contributed by atoms with Gasteiger partial charge < -0.3 is 10.6 Å². The number of sulfonamides is 1. The second-order valence-corrected chi connectivity index (χ2v) is 7.48. The lowest BCUT2D eigenvalue weighted by atomic mass is 10.1. The van der Waals surface area contributed by atoms with Gasteiger partial charge in [0.15, 0.2) is 0 Å². The molecule has 3 N–H and O–H groups in total. The van der Waals surface area contributed by atoms with E-state index in [1.807, 2.05) is 0 Å². The Balaban J connectivity index is 1.95. The maximum atomic E-state index is 12.2. The third kappa shape index (κ3) is 5.29. The smallest absolute Gasteiger partial charge is 0.253 e. The van der Waals surface area contributed by atoms with Crippen LogP contribution in [0.2, 0.25) is 5.02 Å². The van der Waals surface area contributed by atoms with E-state index in [9.17, 15) is 18.0 Å². The second-order valence-electron chi connectivity index (χ2n) is 5.28. The third-order valence-electron chi connectivity index (χ3n) is 3.42.